The van der Waals surface area contributed by atoms with Gasteiger partial charge in [-0.15, -0.1) is 0 Å². The fourth-order valence-corrected chi connectivity index (χ4v) is 2.18. The Hall–Kier alpha value is -1.62. The van der Waals surface area contributed by atoms with Gasteiger partial charge in [0.2, 0.25) is 0 Å². The summed E-state index contributed by atoms with van der Waals surface area (Å²) >= 11 is 3.09. The lowest BCUT2D eigenvalue weighted by molar-refractivity contribution is 0.0773. The molecule has 1 aromatic carbocycles. The third-order valence-corrected chi connectivity index (χ3v) is 3.52. The minimum atomic E-state index is -0.451. The molecular formula is C14H13BrFNO2. The second-order valence-electron chi connectivity index (χ2n) is 4.27. The predicted octanol–water partition coefficient (Wildman–Crippen LogP) is 3.76. The summed E-state index contributed by atoms with van der Waals surface area (Å²) in [5.74, 6) is 0.775. The highest BCUT2D eigenvalue weighted by Gasteiger charge is 2.18. The van der Waals surface area contributed by atoms with Gasteiger partial charge < -0.3 is 9.32 Å². The molecule has 0 radical (unpaired) electrons. The van der Waals surface area contributed by atoms with Gasteiger partial charge in [-0.2, -0.15) is 0 Å². The summed E-state index contributed by atoms with van der Waals surface area (Å²) in [5, 5.41) is 0. The van der Waals surface area contributed by atoms with E-state index in [1.165, 1.54) is 17.0 Å². The Bertz CT molecular complexity index is 609. The van der Waals surface area contributed by atoms with Gasteiger partial charge in [0.15, 0.2) is 0 Å². The molecule has 0 saturated heterocycles. The van der Waals surface area contributed by atoms with Crippen LogP contribution in [0.25, 0.3) is 0 Å². The first-order valence-electron chi connectivity index (χ1n) is 5.74. The summed E-state index contributed by atoms with van der Waals surface area (Å²) in [6.45, 7) is 2.18. The van der Waals surface area contributed by atoms with Crippen LogP contribution < -0.4 is 0 Å². The monoisotopic (exact) mass is 325 g/mol. The molecule has 0 fully saturated rings. The van der Waals surface area contributed by atoms with Crippen LogP contribution >= 0.6 is 15.9 Å². The van der Waals surface area contributed by atoms with E-state index >= 15 is 0 Å². The summed E-state index contributed by atoms with van der Waals surface area (Å²) in [6, 6.07) is 8.06. The number of nitrogens with zero attached hydrogens (tertiary/aromatic N) is 1. The second kappa shape index (κ2) is 5.57. The molecule has 0 spiro atoms. The third kappa shape index (κ3) is 3.04. The molecule has 0 unspecified atom stereocenters. The normalized spacial score (nSPS) is 10.5. The van der Waals surface area contributed by atoms with Crippen LogP contribution in [0.15, 0.2) is 39.2 Å². The van der Waals surface area contributed by atoms with Crippen LogP contribution in [0.5, 0.6) is 0 Å². The van der Waals surface area contributed by atoms with Crippen molar-refractivity contribution in [1.29, 1.82) is 0 Å². The maximum Gasteiger partial charge on any atom is 0.255 e. The molecule has 0 aliphatic carbocycles. The topological polar surface area (TPSA) is 33.5 Å². The zero-order chi connectivity index (χ0) is 14.0. The van der Waals surface area contributed by atoms with Gasteiger partial charge in [0.05, 0.1) is 16.6 Å². The first kappa shape index (κ1) is 13.8. The van der Waals surface area contributed by atoms with Crippen LogP contribution in [0.1, 0.15) is 21.9 Å². The van der Waals surface area contributed by atoms with Crippen molar-refractivity contribution >= 4 is 21.8 Å². The minimum absolute atomic E-state index is 0.183. The van der Waals surface area contributed by atoms with Crippen molar-refractivity contribution in [3.05, 3.63) is 57.7 Å². The molecule has 5 heteroatoms. The molecule has 19 heavy (non-hydrogen) atoms. The Morgan fingerprint density at radius 1 is 1.37 bits per heavy atom. The van der Waals surface area contributed by atoms with Gasteiger partial charge in [-0.3, -0.25) is 4.79 Å². The largest absolute Gasteiger partial charge is 0.464 e. The van der Waals surface area contributed by atoms with Crippen molar-refractivity contribution < 1.29 is 13.6 Å². The Balaban J connectivity index is 2.17. The van der Waals surface area contributed by atoms with Crippen molar-refractivity contribution in [2.45, 2.75) is 13.5 Å². The summed E-state index contributed by atoms with van der Waals surface area (Å²) in [6.07, 6.45) is 0. The van der Waals surface area contributed by atoms with E-state index in [1.54, 1.807) is 13.1 Å². The van der Waals surface area contributed by atoms with E-state index in [2.05, 4.69) is 15.9 Å². The van der Waals surface area contributed by atoms with Crippen molar-refractivity contribution in [2.24, 2.45) is 0 Å². The first-order valence-corrected chi connectivity index (χ1v) is 6.53. The SMILES string of the molecule is Cc1ccc(CN(C)C(=O)c2cccc(F)c2Br)o1. The zero-order valence-electron chi connectivity index (χ0n) is 10.6. The number of rotatable bonds is 3. The molecule has 0 atom stereocenters. The fraction of sp³-hybridized carbons (Fsp3) is 0.214. The number of amides is 1. The molecule has 1 aromatic heterocycles. The first-order chi connectivity index (χ1) is 8.99. The number of carbonyl (C=O) groups is 1. The van der Waals surface area contributed by atoms with Crippen LogP contribution in [0.3, 0.4) is 0 Å². The number of aryl methyl sites for hydroxylation is 1. The maximum absolute atomic E-state index is 13.4. The number of furan rings is 1. The standard InChI is InChI=1S/C14H13BrFNO2/c1-9-6-7-10(19-9)8-17(2)14(18)11-4-3-5-12(16)13(11)15/h3-7H,8H2,1-2H3. The summed E-state index contributed by atoms with van der Waals surface area (Å²) in [7, 11) is 1.65. The lowest BCUT2D eigenvalue weighted by Crippen LogP contribution is -2.26. The van der Waals surface area contributed by atoms with Crippen molar-refractivity contribution in [2.75, 3.05) is 7.05 Å². The van der Waals surface area contributed by atoms with Crippen LogP contribution in [0.4, 0.5) is 4.39 Å². The predicted molar refractivity (Wildman–Crippen MR) is 73.3 cm³/mol. The van der Waals surface area contributed by atoms with E-state index in [-0.39, 0.29) is 10.4 Å². The highest BCUT2D eigenvalue weighted by molar-refractivity contribution is 9.10. The van der Waals surface area contributed by atoms with Crippen LogP contribution in [0, 0.1) is 12.7 Å². The highest BCUT2D eigenvalue weighted by Crippen LogP contribution is 2.22. The van der Waals surface area contributed by atoms with Crippen molar-refractivity contribution in [3.63, 3.8) is 0 Å². The van der Waals surface area contributed by atoms with Crippen LogP contribution in [-0.2, 0) is 6.54 Å². The van der Waals surface area contributed by atoms with Gasteiger partial charge in [0.25, 0.3) is 5.91 Å². The summed E-state index contributed by atoms with van der Waals surface area (Å²) in [4.78, 5) is 13.7. The number of benzene rings is 1. The number of hydrogen-bond acceptors (Lipinski definition) is 2. The molecule has 0 N–H and O–H groups in total. The number of halogens is 2. The number of hydrogen-bond donors (Lipinski definition) is 0. The molecule has 1 heterocycles. The van der Waals surface area contributed by atoms with E-state index in [4.69, 9.17) is 4.42 Å². The maximum atomic E-state index is 13.4. The Morgan fingerprint density at radius 3 is 2.74 bits per heavy atom. The fourth-order valence-electron chi connectivity index (χ4n) is 1.75. The highest BCUT2D eigenvalue weighted by atomic mass is 79.9. The van der Waals surface area contributed by atoms with Crippen molar-refractivity contribution in [1.82, 2.24) is 4.90 Å². The summed E-state index contributed by atoms with van der Waals surface area (Å²) in [5.41, 5.74) is 0.297. The molecule has 2 rings (SSSR count). The number of carbonyl (C=O) groups excluding carboxylic acids is 1. The lowest BCUT2D eigenvalue weighted by Gasteiger charge is -2.16. The van der Waals surface area contributed by atoms with Gasteiger partial charge in [-0.1, -0.05) is 6.07 Å². The Labute approximate surface area is 119 Å². The molecular weight excluding hydrogens is 313 g/mol. The van der Waals surface area contributed by atoms with Gasteiger partial charge in [0.1, 0.15) is 17.3 Å². The quantitative estimate of drug-likeness (QED) is 0.860. The minimum Gasteiger partial charge on any atom is -0.464 e. The molecule has 0 bridgehead atoms. The van der Waals surface area contributed by atoms with E-state index in [1.807, 2.05) is 19.1 Å². The molecule has 3 nitrogen and oxygen atoms in total. The molecule has 2 aromatic rings. The molecule has 0 aliphatic rings. The molecule has 0 aliphatic heterocycles. The van der Waals surface area contributed by atoms with Gasteiger partial charge in [0, 0.05) is 7.05 Å². The Kier molecular flexibility index (Phi) is 4.04. The van der Waals surface area contributed by atoms with Gasteiger partial charge in [-0.25, -0.2) is 4.39 Å². The molecule has 0 saturated carbocycles. The second-order valence-corrected chi connectivity index (χ2v) is 5.07. The average molecular weight is 326 g/mol. The smallest absolute Gasteiger partial charge is 0.255 e. The lowest BCUT2D eigenvalue weighted by atomic mass is 10.2. The van der Waals surface area contributed by atoms with E-state index in [9.17, 15) is 9.18 Å². The summed E-state index contributed by atoms with van der Waals surface area (Å²) < 4.78 is 19.0. The molecule has 1 amide bonds. The van der Waals surface area contributed by atoms with Crippen molar-refractivity contribution in [3.8, 4) is 0 Å². The third-order valence-electron chi connectivity index (χ3n) is 2.72. The Morgan fingerprint density at radius 2 is 2.11 bits per heavy atom. The molecule has 100 valence electrons. The van der Waals surface area contributed by atoms with Crippen LogP contribution in [-0.4, -0.2) is 17.9 Å². The van der Waals surface area contributed by atoms with Crippen LogP contribution in [0.2, 0.25) is 0 Å². The average Bonchev–Trinajstić information content (AvgIpc) is 2.77. The zero-order valence-corrected chi connectivity index (χ0v) is 12.2. The van der Waals surface area contributed by atoms with E-state index < -0.39 is 5.82 Å². The van der Waals surface area contributed by atoms with Gasteiger partial charge >= 0.3 is 0 Å². The van der Waals surface area contributed by atoms with E-state index in [0.717, 1.165) is 5.76 Å². The van der Waals surface area contributed by atoms with Gasteiger partial charge in [-0.05, 0) is 47.1 Å². The van der Waals surface area contributed by atoms with E-state index in [0.29, 0.717) is 17.9 Å².